The number of rotatable bonds is 2. The van der Waals surface area contributed by atoms with Crippen molar-refractivity contribution in [2.75, 3.05) is 0 Å². The number of aliphatic hydroxyl groups excluding tert-OH is 1. The molecule has 0 aliphatic carbocycles. The molecule has 5 heteroatoms. The smallest absolute Gasteiger partial charge is 0.0781 e. The SMILES string of the molecule is CC(C)(C)[C@@H](O)[C@@H](N)c1ccc(Cl)cc1Br.Cl. The summed E-state index contributed by atoms with van der Waals surface area (Å²) in [4.78, 5) is 0. The molecule has 1 rings (SSSR count). The van der Waals surface area contributed by atoms with Crippen LogP contribution in [0.2, 0.25) is 5.02 Å². The molecule has 1 aromatic carbocycles. The van der Waals surface area contributed by atoms with E-state index in [1.165, 1.54) is 0 Å². The van der Waals surface area contributed by atoms with Crippen LogP contribution in [0.3, 0.4) is 0 Å². The molecule has 98 valence electrons. The largest absolute Gasteiger partial charge is 0.391 e. The maximum Gasteiger partial charge on any atom is 0.0781 e. The minimum Gasteiger partial charge on any atom is -0.391 e. The van der Waals surface area contributed by atoms with E-state index in [1.54, 1.807) is 12.1 Å². The average molecular weight is 343 g/mol. The molecule has 0 fully saturated rings. The van der Waals surface area contributed by atoms with E-state index in [4.69, 9.17) is 17.3 Å². The molecule has 0 bridgehead atoms. The Morgan fingerprint density at radius 3 is 2.29 bits per heavy atom. The van der Waals surface area contributed by atoms with Crippen LogP contribution in [-0.4, -0.2) is 11.2 Å². The molecule has 0 radical (unpaired) electrons. The van der Waals surface area contributed by atoms with Crippen LogP contribution in [0.1, 0.15) is 32.4 Å². The van der Waals surface area contributed by atoms with E-state index in [1.807, 2.05) is 26.8 Å². The highest BCUT2D eigenvalue weighted by atomic mass is 79.9. The van der Waals surface area contributed by atoms with Crippen molar-refractivity contribution in [2.45, 2.75) is 32.9 Å². The van der Waals surface area contributed by atoms with Crippen LogP contribution in [0.25, 0.3) is 0 Å². The molecule has 0 aliphatic rings. The minimum atomic E-state index is -0.607. The van der Waals surface area contributed by atoms with Gasteiger partial charge in [0.2, 0.25) is 0 Å². The van der Waals surface area contributed by atoms with Gasteiger partial charge in [0.05, 0.1) is 12.1 Å². The number of hydrogen-bond donors (Lipinski definition) is 2. The highest BCUT2D eigenvalue weighted by Gasteiger charge is 2.29. The van der Waals surface area contributed by atoms with Gasteiger partial charge in [0.1, 0.15) is 0 Å². The number of hydrogen-bond acceptors (Lipinski definition) is 2. The molecule has 2 atom stereocenters. The Hall–Kier alpha value is 0.200. The third-order valence-corrected chi connectivity index (χ3v) is 3.47. The van der Waals surface area contributed by atoms with Gasteiger partial charge in [0.25, 0.3) is 0 Å². The molecule has 3 N–H and O–H groups in total. The lowest BCUT2D eigenvalue weighted by Gasteiger charge is -2.31. The first-order valence-electron chi connectivity index (χ1n) is 5.12. The summed E-state index contributed by atoms with van der Waals surface area (Å²) in [6.07, 6.45) is -0.607. The zero-order valence-corrected chi connectivity index (χ0v) is 13.2. The van der Waals surface area contributed by atoms with Crippen LogP contribution in [0.15, 0.2) is 22.7 Å². The van der Waals surface area contributed by atoms with Gasteiger partial charge in [-0.1, -0.05) is 54.4 Å². The van der Waals surface area contributed by atoms with Crippen LogP contribution in [0.4, 0.5) is 0 Å². The summed E-state index contributed by atoms with van der Waals surface area (Å²) in [6, 6.07) is 4.97. The third kappa shape index (κ3) is 4.42. The average Bonchev–Trinajstić information content (AvgIpc) is 2.14. The first-order chi connectivity index (χ1) is 7.23. The van der Waals surface area contributed by atoms with Crippen molar-refractivity contribution in [3.8, 4) is 0 Å². The van der Waals surface area contributed by atoms with E-state index in [0.29, 0.717) is 5.02 Å². The van der Waals surface area contributed by atoms with Gasteiger partial charge in [-0.25, -0.2) is 0 Å². The molecule has 0 saturated carbocycles. The van der Waals surface area contributed by atoms with Crippen LogP contribution in [-0.2, 0) is 0 Å². The van der Waals surface area contributed by atoms with Crippen molar-refractivity contribution in [1.82, 2.24) is 0 Å². The normalized spacial score (nSPS) is 15.0. The van der Waals surface area contributed by atoms with E-state index in [-0.39, 0.29) is 17.8 Å². The molecule has 0 heterocycles. The first kappa shape index (κ1) is 17.2. The summed E-state index contributed by atoms with van der Waals surface area (Å²) >= 11 is 9.26. The molecule has 17 heavy (non-hydrogen) atoms. The fourth-order valence-corrected chi connectivity index (χ4v) is 2.43. The van der Waals surface area contributed by atoms with Gasteiger partial charge in [0.15, 0.2) is 0 Å². The number of aliphatic hydroxyl groups is 1. The second-order valence-electron chi connectivity index (χ2n) is 5.00. The quantitative estimate of drug-likeness (QED) is 0.855. The fourth-order valence-electron chi connectivity index (χ4n) is 1.48. The predicted octanol–water partition coefficient (Wildman–Crippen LogP) is 3.93. The summed E-state index contributed by atoms with van der Waals surface area (Å²) in [5, 5.41) is 10.8. The number of nitrogens with two attached hydrogens (primary N) is 1. The molecule has 0 spiro atoms. The van der Waals surface area contributed by atoms with Gasteiger partial charge in [0, 0.05) is 9.50 Å². The minimum absolute atomic E-state index is 0. The predicted molar refractivity (Wildman–Crippen MR) is 78.8 cm³/mol. The van der Waals surface area contributed by atoms with Gasteiger partial charge in [-0.3, -0.25) is 0 Å². The molecule has 1 aromatic rings. The molecular weight excluding hydrogens is 325 g/mol. The van der Waals surface area contributed by atoms with Crippen LogP contribution in [0.5, 0.6) is 0 Å². The van der Waals surface area contributed by atoms with Crippen LogP contribution >= 0.6 is 39.9 Å². The lowest BCUT2D eigenvalue weighted by Crippen LogP contribution is -2.37. The molecule has 0 aromatic heterocycles. The summed E-state index contributed by atoms with van der Waals surface area (Å²) in [5.41, 5.74) is 6.67. The van der Waals surface area contributed by atoms with Crippen molar-refractivity contribution >= 4 is 39.9 Å². The van der Waals surface area contributed by atoms with E-state index >= 15 is 0 Å². The number of halogens is 3. The van der Waals surface area contributed by atoms with E-state index in [2.05, 4.69) is 15.9 Å². The second-order valence-corrected chi connectivity index (χ2v) is 6.29. The van der Waals surface area contributed by atoms with Crippen LogP contribution < -0.4 is 5.73 Å². The molecule has 0 unspecified atom stereocenters. The molecule has 0 aliphatic heterocycles. The van der Waals surface area contributed by atoms with Gasteiger partial charge in [-0.05, 0) is 23.1 Å². The molecule has 0 amide bonds. The highest BCUT2D eigenvalue weighted by molar-refractivity contribution is 9.10. The van der Waals surface area contributed by atoms with Gasteiger partial charge in [-0.2, -0.15) is 0 Å². The Morgan fingerprint density at radius 1 is 1.35 bits per heavy atom. The lowest BCUT2D eigenvalue weighted by molar-refractivity contribution is 0.0399. The zero-order chi connectivity index (χ0) is 12.5. The van der Waals surface area contributed by atoms with E-state index in [0.717, 1.165) is 10.0 Å². The summed E-state index contributed by atoms with van der Waals surface area (Å²) in [6.45, 7) is 5.88. The third-order valence-electron chi connectivity index (χ3n) is 2.55. The standard InChI is InChI=1S/C12H17BrClNO.ClH/c1-12(2,3)11(16)10(15)8-5-4-7(14)6-9(8)13;/h4-6,10-11,16H,15H2,1-3H3;1H/t10-,11-;/m0./s1. The van der Waals surface area contributed by atoms with Crippen molar-refractivity contribution in [3.63, 3.8) is 0 Å². The highest BCUT2D eigenvalue weighted by Crippen LogP contribution is 2.33. The fraction of sp³-hybridized carbons (Fsp3) is 0.500. The van der Waals surface area contributed by atoms with Gasteiger partial charge >= 0.3 is 0 Å². The lowest BCUT2D eigenvalue weighted by atomic mass is 9.82. The van der Waals surface area contributed by atoms with Gasteiger partial charge in [-0.15, -0.1) is 12.4 Å². The Bertz CT molecular complexity index is 379. The van der Waals surface area contributed by atoms with E-state index in [9.17, 15) is 5.11 Å². The maximum atomic E-state index is 10.1. The number of benzene rings is 1. The summed E-state index contributed by atoms with van der Waals surface area (Å²) in [5.74, 6) is 0. The summed E-state index contributed by atoms with van der Waals surface area (Å²) < 4.78 is 0.829. The maximum absolute atomic E-state index is 10.1. The van der Waals surface area contributed by atoms with Gasteiger partial charge < -0.3 is 10.8 Å². The monoisotopic (exact) mass is 341 g/mol. The van der Waals surface area contributed by atoms with Crippen molar-refractivity contribution in [3.05, 3.63) is 33.3 Å². The van der Waals surface area contributed by atoms with Crippen molar-refractivity contribution < 1.29 is 5.11 Å². The molecular formula is C12H18BrCl2NO. The Kier molecular flexibility index (Phi) is 6.47. The van der Waals surface area contributed by atoms with Crippen LogP contribution in [0, 0.1) is 5.41 Å². The first-order valence-corrected chi connectivity index (χ1v) is 6.29. The molecule has 2 nitrogen and oxygen atoms in total. The Morgan fingerprint density at radius 2 is 1.88 bits per heavy atom. The topological polar surface area (TPSA) is 46.2 Å². The Balaban J connectivity index is 0.00000256. The molecule has 0 saturated heterocycles. The Labute approximate surface area is 122 Å². The summed E-state index contributed by atoms with van der Waals surface area (Å²) in [7, 11) is 0. The van der Waals surface area contributed by atoms with Crippen molar-refractivity contribution in [1.29, 1.82) is 0 Å². The van der Waals surface area contributed by atoms with E-state index < -0.39 is 12.1 Å². The van der Waals surface area contributed by atoms with Crippen molar-refractivity contribution in [2.24, 2.45) is 11.1 Å². The zero-order valence-electron chi connectivity index (χ0n) is 10.1. The second kappa shape index (κ2) is 6.39.